The van der Waals surface area contributed by atoms with E-state index in [1.54, 1.807) is 0 Å². The molecule has 2 atom stereocenters. The first-order valence-electron chi connectivity index (χ1n) is 9.65. The van der Waals surface area contributed by atoms with Crippen LogP contribution in [0.2, 0.25) is 0 Å². The Balaban J connectivity index is 0.00000338. The summed E-state index contributed by atoms with van der Waals surface area (Å²) in [7, 11) is 1.85. The molecule has 0 saturated carbocycles. The zero-order valence-corrected chi connectivity index (χ0v) is 19.8. The molecule has 0 aliphatic carbocycles. The first-order valence-corrected chi connectivity index (χ1v) is 10.5. The minimum Gasteiger partial charge on any atom is -0.355 e. The molecule has 7 heteroatoms. The number of nitrogens with one attached hydrogen (secondary N) is 2. The number of hydrogen-bond acceptors (Lipinski definition) is 4. The zero-order valence-electron chi connectivity index (χ0n) is 16.7. The molecule has 2 N–H and O–H groups in total. The van der Waals surface area contributed by atoms with Crippen LogP contribution < -0.4 is 10.6 Å². The van der Waals surface area contributed by atoms with Crippen LogP contribution in [0.25, 0.3) is 0 Å². The highest BCUT2D eigenvalue weighted by Gasteiger charge is 2.24. The van der Waals surface area contributed by atoms with Gasteiger partial charge in [0.1, 0.15) is 0 Å². The van der Waals surface area contributed by atoms with Crippen LogP contribution >= 0.6 is 35.3 Å². The molecule has 1 aromatic heterocycles. The van der Waals surface area contributed by atoms with Crippen molar-refractivity contribution in [3.8, 4) is 0 Å². The van der Waals surface area contributed by atoms with Crippen LogP contribution in [-0.4, -0.2) is 68.1 Å². The number of likely N-dealkylation sites (N-methyl/N-ethyl adjacent to an activating group) is 1. The van der Waals surface area contributed by atoms with Crippen molar-refractivity contribution < 1.29 is 0 Å². The van der Waals surface area contributed by atoms with Crippen LogP contribution in [0.5, 0.6) is 0 Å². The van der Waals surface area contributed by atoms with Gasteiger partial charge in [-0.1, -0.05) is 19.9 Å². The highest BCUT2D eigenvalue weighted by atomic mass is 127. The summed E-state index contributed by atoms with van der Waals surface area (Å²) in [6, 6.07) is 5.36. The van der Waals surface area contributed by atoms with E-state index in [4.69, 9.17) is 0 Å². The highest BCUT2D eigenvalue weighted by Crippen LogP contribution is 2.27. The molecule has 0 spiro atoms. The summed E-state index contributed by atoms with van der Waals surface area (Å²) in [5.74, 6) is 0.903. The fraction of sp³-hybridized carbons (Fsp3) is 0.737. The average molecular weight is 494 g/mol. The second-order valence-electron chi connectivity index (χ2n) is 6.68. The van der Waals surface area contributed by atoms with E-state index < -0.39 is 0 Å². The van der Waals surface area contributed by atoms with Crippen molar-refractivity contribution in [1.82, 2.24) is 20.4 Å². The standard InChI is InChI=1S/C19H35N5S.HI/c1-5-23(6-2)16(3)14-21-19(20-4)22-15-17(18-10-9-13-25-18)24-11-7-8-12-24;/h9-10,13,16-17H,5-8,11-12,14-15H2,1-4H3,(H2,20,21,22);1H. The van der Waals surface area contributed by atoms with Crippen molar-refractivity contribution in [3.63, 3.8) is 0 Å². The molecule has 1 fully saturated rings. The Labute approximate surface area is 180 Å². The van der Waals surface area contributed by atoms with Gasteiger partial charge in [-0.05, 0) is 57.4 Å². The third kappa shape index (κ3) is 6.98. The lowest BCUT2D eigenvalue weighted by Crippen LogP contribution is -2.47. The van der Waals surface area contributed by atoms with E-state index in [0.717, 1.165) is 32.1 Å². The summed E-state index contributed by atoms with van der Waals surface area (Å²) in [5.41, 5.74) is 0. The molecule has 0 amide bonds. The van der Waals surface area contributed by atoms with Gasteiger partial charge in [0.2, 0.25) is 0 Å². The number of thiophene rings is 1. The number of rotatable bonds is 9. The van der Waals surface area contributed by atoms with Gasteiger partial charge in [0.15, 0.2) is 5.96 Å². The average Bonchev–Trinajstić information content (AvgIpc) is 3.33. The molecule has 2 unspecified atom stereocenters. The Morgan fingerprint density at radius 2 is 1.88 bits per heavy atom. The molecule has 150 valence electrons. The lowest BCUT2D eigenvalue weighted by atomic mass is 10.2. The summed E-state index contributed by atoms with van der Waals surface area (Å²) >= 11 is 1.86. The van der Waals surface area contributed by atoms with Crippen molar-refractivity contribution in [2.24, 2.45) is 4.99 Å². The maximum Gasteiger partial charge on any atom is 0.191 e. The van der Waals surface area contributed by atoms with Crippen LogP contribution in [0.1, 0.15) is 44.5 Å². The third-order valence-corrected chi connectivity index (χ3v) is 6.11. The molecule has 0 radical (unpaired) electrons. The summed E-state index contributed by atoms with van der Waals surface area (Å²) in [5, 5.41) is 9.22. The topological polar surface area (TPSA) is 42.9 Å². The molecule has 0 aromatic carbocycles. The maximum absolute atomic E-state index is 4.41. The number of halogens is 1. The fourth-order valence-corrected chi connectivity index (χ4v) is 4.44. The van der Waals surface area contributed by atoms with Crippen molar-refractivity contribution in [3.05, 3.63) is 22.4 Å². The van der Waals surface area contributed by atoms with E-state index >= 15 is 0 Å². The van der Waals surface area contributed by atoms with Crippen molar-refractivity contribution in [1.29, 1.82) is 0 Å². The summed E-state index contributed by atoms with van der Waals surface area (Å²) < 4.78 is 0. The quantitative estimate of drug-likeness (QED) is 0.315. The zero-order chi connectivity index (χ0) is 18.1. The van der Waals surface area contributed by atoms with Gasteiger partial charge in [0, 0.05) is 31.1 Å². The molecule has 2 rings (SSSR count). The first kappa shape index (κ1) is 23.7. The van der Waals surface area contributed by atoms with E-state index in [9.17, 15) is 0 Å². The lowest BCUT2D eigenvalue weighted by molar-refractivity contribution is 0.230. The second kappa shape index (κ2) is 12.9. The van der Waals surface area contributed by atoms with Gasteiger partial charge in [-0.25, -0.2) is 0 Å². The van der Waals surface area contributed by atoms with Crippen LogP contribution in [-0.2, 0) is 0 Å². The third-order valence-electron chi connectivity index (χ3n) is 5.14. The van der Waals surface area contributed by atoms with Gasteiger partial charge in [-0.3, -0.25) is 14.8 Å². The molecule has 2 heterocycles. The van der Waals surface area contributed by atoms with Gasteiger partial charge in [0.25, 0.3) is 0 Å². The Bertz CT molecular complexity index is 498. The first-order chi connectivity index (χ1) is 12.2. The number of hydrogen-bond donors (Lipinski definition) is 2. The van der Waals surface area contributed by atoms with Crippen LogP contribution in [0, 0.1) is 0 Å². The van der Waals surface area contributed by atoms with Crippen LogP contribution in [0.4, 0.5) is 0 Å². The number of aliphatic imine (C=N–C) groups is 1. The predicted octanol–water partition coefficient (Wildman–Crippen LogP) is 3.40. The second-order valence-corrected chi connectivity index (χ2v) is 7.66. The minimum absolute atomic E-state index is 0. The van der Waals surface area contributed by atoms with Gasteiger partial charge in [-0.2, -0.15) is 0 Å². The summed E-state index contributed by atoms with van der Waals surface area (Å²) in [4.78, 5) is 10.9. The van der Waals surface area contributed by atoms with Gasteiger partial charge < -0.3 is 10.6 Å². The predicted molar refractivity (Wildman–Crippen MR) is 125 cm³/mol. The monoisotopic (exact) mass is 493 g/mol. The van der Waals surface area contributed by atoms with E-state index in [2.05, 4.69) is 63.7 Å². The normalized spacial score (nSPS) is 17.8. The van der Waals surface area contributed by atoms with E-state index in [1.165, 1.54) is 30.8 Å². The van der Waals surface area contributed by atoms with E-state index in [0.29, 0.717) is 12.1 Å². The number of nitrogens with zero attached hydrogens (tertiary/aromatic N) is 3. The molecular formula is C19H36IN5S. The minimum atomic E-state index is 0. The molecule has 26 heavy (non-hydrogen) atoms. The molecule has 1 aromatic rings. The number of guanidine groups is 1. The molecule has 5 nitrogen and oxygen atoms in total. The lowest BCUT2D eigenvalue weighted by Gasteiger charge is -2.29. The summed E-state index contributed by atoms with van der Waals surface area (Å²) in [6.45, 7) is 13.1. The van der Waals surface area contributed by atoms with Crippen LogP contribution in [0.3, 0.4) is 0 Å². The highest BCUT2D eigenvalue weighted by molar-refractivity contribution is 14.0. The number of likely N-dealkylation sites (tertiary alicyclic amines) is 1. The molecule has 0 bridgehead atoms. The smallest absolute Gasteiger partial charge is 0.191 e. The largest absolute Gasteiger partial charge is 0.355 e. The van der Waals surface area contributed by atoms with Gasteiger partial charge in [0.05, 0.1) is 6.04 Å². The fourth-order valence-electron chi connectivity index (χ4n) is 3.58. The summed E-state index contributed by atoms with van der Waals surface area (Å²) in [6.07, 6.45) is 2.63. The molecule has 1 aliphatic rings. The van der Waals surface area contributed by atoms with Crippen molar-refractivity contribution in [2.45, 2.75) is 45.7 Å². The van der Waals surface area contributed by atoms with Crippen molar-refractivity contribution >= 4 is 41.3 Å². The Morgan fingerprint density at radius 3 is 2.42 bits per heavy atom. The maximum atomic E-state index is 4.41. The van der Waals surface area contributed by atoms with E-state index in [1.807, 2.05) is 18.4 Å². The molecular weight excluding hydrogens is 457 g/mol. The Morgan fingerprint density at radius 1 is 1.23 bits per heavy atom. The van der Waals surface area contributed by atoms with Crippen molar-refractivity contribution in [2.75, 3.05) is 46.3 Å². The van der Waals surface area contributed by atoms with Gasteiger partial charge in [-0.15, -0.1) is 35.3 Å². The Kier molecular flexibility index (Phi) is 11.7. The van der Waals surface area contributed by atoms with Crippen LogP contribution in [0.15, 0.2) is 22.5 Å². The molecule has 1 aliphatic heterocycles. The Hall–Kier alpha value is -0.380. The molecule has 1 saturated heterocycles. The van der Waals surface area contributed by atoms with Gasteiger partial charge >= 0.3 is 0 Å². The SMILES string of the molecule is CCN(CC)C(C)CNC(=NC)NCC(c1cccs1)N1CCCC1.I. The van der Waals surface area contributed by atoms with E-state index in [-0.39, 0.29) is 24.0 Å².